The molecule has 1 aromatic heterocycles. The first kappa shape index (κ1) is 12.4. The van der Waals surface area contributed by atoms with E-state index >= 15 is 0 Å². The van der Waals surface area contributed by atoms with E-state index in [1.54, 1.807) is 11.3 Å². The van der Waals surface area contributed by atoms with Gasteiger partial charge in [0.15, 0.2) is 0 Å². The largest absolute Gasteiger partial charge is 0.317 e. The lowest BCUT2D eigenvalue weighted by molar-refractivity contribution is 0.220. The molecule has 0 aromatic carbocycles. The minimum Gasteiger partial charge on any atom is -0.317 e. The Balaban J connectivity index is 1.74. The molecule has 2 nitrogen and oxygen atoms in total. The second-order valence-corrected chi connectivity index (χ2v) is 6.67. The van der Waals surface area contributed by atoms with E-state index in [9.17, 15) is 0 Å². The summed E-state index contributed by atoms with van der Waals surface area (Å²) in [7, 11) is 0. The first-order valence-corrected chi connectivity index (χ1v) is 7.03. The van der Waals surface area contributed by atoms with Gasteiger partial charge in [-0.25, -0.2) is 0 Å². The van der Waals surface area contributed by atoms with Crippen molar-refractivity contribution in [2.75, 3.05) is 19.6 Å². The number of nitrogens with one attached hydrogen (secondary N) is 2. The molecule has 16 heavy (non-hydrogen) atoms. The zero-order chi connectivity index (χ0) is 11.4. The summed E-state index contributed by atoms with van der Waals surface area (Å²) in [5.74, 6) is 0. The van der Waals surface area contributed by atoms with Crippen molar-refractivity contribution >= 4 is 22.9 Å². The molecule has 1 saturated heterocycles. The fourth-order valence-corrected chi connectivity index (χ4v) is 3.20. The molecule has 1 aromatic rings. The Labute approximate surface area is 106 Å². The van der Waals surface area contributed by atoms with Gasteiger partial charge in [-0.05, 0) is 43.5 Å². The molecule has 0 aliphatic carbocycles. The fourth-order valence-electron chi connectivity index (χ4n) is 2.14. The molecule has 0 bridgehead atoms. The van der Waals surface area contributed by atoms with Crippen LogP contribution in [0.1, 0.15) is 24.6 Å². The first-order valence-electron chi connectivity index (χ1n) is 5.84. The zero-order valence-corrected chi connectivity index (χ0v) is 11.3. The van der Waals surface area contributed by atoms with Crippen LogP contribution in [0.2, 0.25) is 4.34 Å². The second-order valence-electron chi connectivity index (χ2n) is 4.87. The van der Waals surface area contributed by atoms with Crippen LogP contribution in [0.25, 0.3) is 0 Å². The van der Waals surface area contributed by atoms with E-state index in [0.717, 1.165) is 30.5 Å². The summed E-state index contributed by atoms with van der Waals surface area (Å²) in [6, 6.07) is 4.07. The van der Waals surface area contributed by atoms with Gasteiger partial charge < -0.3 is 10.6 Å². The van der Waals surface area contributed by atoms with Crippen LogP contribution in [0.5, 0.6) is 0 Å². The Hall–Kier alpha value is -0.0900. The molecule has 4 heteroatoms. The number of piperidine rings is 1. The van der Waals surface area contributed by atoms with E-state index < -0.39 is 0 Å². The van der Waals surface area contributed by atoms with E-state index in [1.807, 2.05) is 6.07 Å². The molecule has 1 fully saturated rings. The summed E-state index contributed by atoms with van der Waals surface area (Å²) in [4.78, 5) is 1.32. The first-order chi connectivity index (χ1) is 7.68. The van der Waals surface area contributed by atoms with Gasteiger partial charge >= 0.3 is 0 Å². The maximum absolute atomic E-state index is 5.90. The molecular formula is C12H19ClN2S. The number of halogens is 1. The molecule has 1 aliphatic heterocycles. The summed E-state index contributed by atoms with van der Waals surface area (Å²) in [5, 5.41) is 6.96. The lowest BCUT2D eigenvalue weighted by Crippen LogP contribution is -2.41. The molecule has 1 aliphatic rings. The van der Waals surface area contributed by atoms with Crippen molar-refractivity contribution in [2.45, 2.75) is 26.3 Å². The maximum Gasteiger partial charge on any atom is 0.0931 e. The van der Waals surface area contributed by atoms with Gasteiger partial charge in [0.05, 0.1) is 4.34 Å². The number of hydrogen-bond acceptors (Lipinski definition) is 3. The topological polar surface area (TPSA) is 24.1 Å². The molecule has 0 amide bonds. The smallest absolute Gasteiger partial charge is 0.0931 e. The van der Waals surface area contributed by atoms with E-state index in [0.29, 0.717) is 5.41 Å². The highest BCUT2D eigenvalue weighted by molar-refractivity contribution is 7.16. The van der Waals surface area contributed by atoms with Crippen LogP contribution in [0.4, 0.5) is 0 Å². The van der Waals surface area contributed by atoms with E-state index in [4.69, 9.17) is 11.6 Å². The Morgan fingerprint density at radius 1 is 1.44 bits per heavy atom. The minimum absolute atomic E-state index is 0.465. The average Bonchev–Trinajstić information content (AvgIpc) is 2.65. The van der Waals surface area contributed by atoms with Crippen molar-refractivity contribution in [3.8, 4) is 0 Å². The lowest BCUT2D eigenvalue weighted by Gasteiger charge is -2.34. The normalized spacial score (nSPS) is 19.9. The lowest BCUT2D eigenvalue weighted by atomic mass is 9.81. The molecule has 0 radical (unpaired) electrons. The standard InChI is InChI=1S/C12H19ClN2S/c1-12(4-6-14-7-5-12)9-15-8-10-2-3-11(13)16-10/h2-3,14-15H,4-9H2,1H3. The Bertz CT molecular complexity index is 332. The van der Waals surface area contributed by atoms with Crippen LogP contribution in [-0.2, 0) is 6.54 Å². The average molecular weight is 259 g/mol. The number of hydrogen-bond donors (Lipinski definition) is 2. The SMILES string of the molecule is CC1(CNCc2ccc(Cl)s2)CCNCC1. The molecule has 0 atom stereocenters. The Kier molecular flexibility index (Phi) is 4.25. The van der Waals surface area contributed by atoms with Gasteiger partial charge in [-0.1, -0.05) is 18.5 Å². The van der Waals surface area contributed by atoms with Gasteiger partial charge in [-0.2, -0.15) is 0 Å². The zero-order valence-electron chi connectivity index (χ0n) is 9.68. The van der Waals surface area contributed by atoms with Gasteiger partial charge in [-0.15, -0.1) is 11.3 Å². The molecule has 0 spiro atoms. The van der Waals surface area contributed by atoms with Gasteiger partial charge in [0.25, 0.3) is 0 Å². The monoisotopic (exact) mass is 258 g/mol. The summed E-state index contributed by atoms with van der Waals surface area (Å²) in [6.45, 7) is 6.73. The van der Waals surface area contributed by atoms with Crippen LogP contribution in [0, 0.1) is 5.41 Å². The molecule has 0 unspecified atom stereocenters. The second kappa shape index (κ2) is 5.50. The highest BCUT2D eigenvalue weighted by Gasteiger charge is 2.25. The van der Waals surface area contributed by atoms with E-state index in [2.05, 4.69) is 23.6 Å². The molecule has 0 saturated carbocycles. The number of thiophene rings is 1. The summed E-state index contributed by atoms with van der Waals surface area (Å²) in [6.07, 6.45) is 2.54. The highest BCUT2D eigenvalue weighted by atomic mass is 35.5. The summed E-state index contributed by atoms with van der Waals surface area (Å²) >= 11 is 7.56. The van der Waals surface area contributed by atoms with Crippen LogP contribution in [0.3, 0.4) is 0 Å². The van der Waals surface area contributed by atoms with Crippen LogP contribution >= 0.6 is 22.9 Å². The van der Waals surface area contributed by atoms with Crippen molar-refractivity contribution in [3.63, 3.8) is 0 Å². The molecule has 2 N–H and O–H groups in total. The van der Waals surface area contributed by atoms with Crippen molar-refractivity contribution in [1.29, 1.82) is 0 Å². The Morgan fingerprint density at radius 2 is 2.19 bits per heavy atom. The molecule has 90 valence electrons. The predicted octanol–water partition coefficient (Wildman–Crippen LogP) is 2.88. The predicted molar refractivity (Wildman–Crippen MR) is 71.2 cm³/mol. The third-order valence-corrected chi connectivity index (χ3v) is 4.52. The molecule has 2 rings (SSSR count). The van der Waals surface area contributed by atoms with E-state index in [-0.39, 0.29) is 0 Å². The van der Waals surface area contributed by atoms with Crippen molar-refractivity contribution in [2.24, 2.45) is 5.41 Å². The summed E-state index contributed by atoms with van der Waals surface area (Å²) in [5.41, 5.74) is 0.465. The van der Waals surface area contributed by atoms with Crippen molar-refractivity contribution < 1.29 is 0 Å². The van der Waals surface area contributed by atoms with Crippen molar-refractivity contribution in [1.82, 2.24) is 10.6 Å². The van der Waals surface area contributed by atoms with Crippen LogP contribution < -0.4 is 10.6 Å². The van der Waals surface area contributed by atoms with E-state index in [1.165, 1.54) is 17.7 Å². The Morgan fingerprint density at radius 3 is 2.81 bits per heavy atom. The third-order valence-electron chi connectivity index (χ3n) is 3.29. The third kappa shape index (κ3) is 3.45. The van der Waals surface area contributed by atoms with Crippen LogP contribution in [-0.4, -0.2) is 19.6 Å². The molecular weight excluding hydrogens is 240 g/mol. The van der Waals surface area contributed by atoms with Gasteiger partial charge in [0, 0.05) is 18.0 Å². The van der Waals surface area contributed by atoms with Crippen molar-refractivity contribution in [3.05, 3.63) is 21.3 Å². The van der Waals surface area contributed by atoms with Gasteiger partial charge in [-0.3, -0.25) is 0 Å². The minimum atomic E-state index is 0.465. The maximum atomic E-state index is 5.90. The fraction of sp³-hybridized carbons (Fsp3) is 0.667. The quantitative estimate of drug-likeness (QED) is 0.868. The highest BCUT2D eigenvalue weighted by Crippen LogP contribution is 2.27. The number of rotatable bonds is 4. The van der Waals surface area contributed by atoms with Gasteiger partial charge in [0.2, 0.25) is 0 Å². The summed E-state index contributed by atoms with van der Waals surface area (Å²) < 4.78 is 0.880. The molecule has 2 heterocycles. The van der Waals surface area contributed by atoms with Gasteiger partial charge in [0.1, 0.15) is 0 Å². The van der Waals surface area contributed by atoms with Crippen LogP contribution in [0.15, 0.2) is 12.1 Å².